The molecule has 0 aromatic rings. The van der Waals surface area contributed by atoms with Crippen LogP contribution in [0.1, 0.15) is 39.5 Å². The fraction of sp³-hybridized carbons (Fsp3) is 0.889. The third-order valence-electron chi connectivity index (χ3n) is 7.93. The Morgan fingerprint density at radius 2 is 1.50 bits per heavy atom. The Morgan fingerprint density at radius 3 is 1.89 bits per heavy atom. The summed E-state index contributed by atoms with van der Waals surface area (Å²) in [5.74, 6) is -2.54. The highest BCUT2D eigenvalue weighted by molar-refractivity contribution is 5.91. The van der Waals surface area contributed by atoms with E-state index in [1.165, 1.54) is 4.90 Å². The average Bonchev–Trinajstić information content (AvgIpc) is 2.48. The predicted octanol–water partition coefficient (Wildman–Crippen LogP) is 3.27. The van der Waals surface area contributed by atoms with Crippen LogP contribution in [0.25, 0.3) is 0 Å². The van der Waals surface area contributed by atoms with Gasteiger partial charge in [-0.3, -0.25) is 9.59 Å². The number of amides is 2. The minimum atomic E-state index is -5.20. The molecule has 0 spiro atoms. The van der Waals surface area contributed by atoms with Crippen molar-refractivity contribution in [1.29, 1.82) is 0 Å². The van der Waals surface area contributed by atoms with E-state index in [4.69, 9.17) is 0 Å². The van der Waals surface area contributed by atoms with Crippen LogP contribution in [0.5, 0.6) is 0 Å². The van der Waals surface area contributed by atoms with Gasteiger partial charge in [-0.15, -0.1) is 0 Å². The lowest BCUT2D eigenvalue weighted by molar-refractivity contribution is -0.367. The average molecular weight is 412 g/mol. The second kappa shape index (κ2) is 5.36. The van der Waals surface area contributed by atoms with Crippen LogP contribution in [0.4, 0.5) is 26.3 Å². The molecule has 28 heavy (non-hydrogen) atoms. The van der Waals surface area contributed by atoms with Gasteiger partial charge in [0.1, 0.15) is 6.04 Å². The van der Waals surface area contributed by atoms with Crippen molar-refractivity contribution in [1.82, 2.24) is 10.2 Å². The van der Waals surface area contributed by atoms with Gasteiger partial charge in [0.05, 0.1) is 5.41 Å². The van der Waals surface area contributed by atoms with E-state index in [9.17, 15) is 35.9 Å². The lowest BCUT2D eigenvalue weighted by Gasteiger charge is -2.72. The molecule has 2 heterocycles. The summed E-state index contributed by atoms with van der Waals surface area (Å²) in [5.41, 5.74) is -3.11. The molecule has 6 fully saturated rings. The number of carbonyl (C=O) groups excluding carboxylic acids is 2. The zero-order valence-electron chi connectivity index (χ0n) is 15.5. The summed E-state index contributed by atoms with van der Waals surface area (Å²) >= 11 is 0. The first-order valence-electron chi connectivity index (χ1n) is 9.35. The second-order valence-corrected chi connectivity index (χ2v) is 9.77. The Balaban J connectivity index is 1.52. The molecule has 1 N–H and O–H groups in total. The molecule has 2 saturated heterocycles. The molecule has 0 aromatic carbocycles. The number of hydrogen-bond donors (Lipinski definition) is 1. The fourth-order valence-electron chi connectivity index (χ4n) is 5.88. The van der Waals surface area contributed by atoms with Crippen LogP contribution in [0.15, 0.2) is 0 Å². The van der Waals surface area contributed by atoms with Gasteiger partial charge in [0, 0.05) is 18.5 Å². The molecule has 2 amide bonds. The standard InChI is InChI=1S/C18H22F6N2O2/c1-14(2)9-3-10(14)5-26(4-9)12(27)11(25-13(28)17(19,20)21)15-6-16(7-15,8-15)18(22,23)24/h9-11H,3-8H2,1-2H3,(H,25,28)/t9-,10+,11-,15?,16?/m1/s1. The first-order valence-corrected chi connectivity index (χ1v) is 9.35. The van der Waals surface area contributed by atoms with Crippen molar-refractivity contribution in [2.24, 2.45) is 28.1 Å². The SMILES string of the molecule is CC1(C)[C@@H]2C[C@H]1CN(C(=O)[C@@H](NC(=O)C(F)(F)F)C13CC(C(F)(F)F)(C1)C3)C2. The van der Waals surface area contributed by atoms with Gasteiger partial charge >= 0.3 is 18.3 Å². The van der Waals surface area contributed by atoms with E-state index in [-0.39, 0.29) is 17.3 Å². The summed E-state index contributed by atoms with van der Waals surface area (Å²) in [4.78, 5) is 25.9. The van der Waals surface area contributed by atoms with Crippen molar-refractivity contribution in [2.45, 2.75) is 57.9 Å². The highest BCUT2D eigenvalue weighted by Crippen LogP contribution is 2.79. The first kappa shape index (κ1) is 19.8. The summed E-state index contributed by atoms with van der Waals surface area (Å²) < 4.78 is 77.7. The molecule has 4 bridgehead atoms. The first-order chi connectivity index (χ1) is 12.6. The minimum absolute atomic E-state index is 0.0398. The van der Waals surface area contributed by atoms with Crippen LogP contribution >= 0.6 is 0 Å². The van der Waals surface area contributed by atoms with Gasteiger partial charge in [0.25, 0.3) is 0 Å². The summed E-state index contributed by atoms with van der Waals surface area (Å²) in [6.07, 6.45) is -9.96. The largest absolute Gasteiger partial charge is 0.471 e. The lowest BCUT2D eigenvalue weighted by Crippen LogP contribution is -2.77. The third-order valence-corrected chi connectivity index (χ3v) is 7.93. The van der Waals surface area contributed by atoms with E-state index < -0.39 is 60.3 Å². The minimum Gasteiger partial charge on any atom is -0.340 e. The summed E-state index contributed by atoms with van der Waals surface area (Å²) in [6, 6.07) is -1.56. The maximum absolute atomic E-state index is 13.1. The van der Waals surface area contributed by atoms with Gasteiger partial charge in [-0.05, 0) is 42.9 Å². The topological polar surface area (TPSA) is 49.4 Å². The Bertz CT molecular complexity index is 695. The number of carbonyl (C=O) groups is 2. The van der Waals surface area contributed by atoms with Crippen molar-refractivity contribution >= 4 is 11.8 Å². The molecular formula is C18H22F6N2O2. The van der Waals surface area contributed by atoms with Crippen LogP contribution in [0.3, 0.4) is 0 Å². The van der Waals surface area contributed by atoms with E-state index in [1.807, 2.05) is 0 Å². The smallest absolute Gasteiger partial charge is 0.340 e. The van der Waals surface area contributed by atoms with Crippen molar-refractivity contribution in [2.75, 3.05) is 13.1 Å². The summed E-state index contributed by atoms with van der Waals surface area (Å²) in [6.45, 7) is 4.87. The molecule has 4 nitrogen and oxygen atoms in total. The van der Waals surface area contributed by atoms with E-state index in [0.29, 0.717) is 13.1 Å². The fourth-order valence-corrected chi connectivity index (χ4v) is 5.88. The normalized spacial score (nSPS) is 39.2. The molecule has 0 aromatic heterocycles. The Labute approximate surface area is 158 Å². The number of nitrogens with one attached hydrogen (secondary N) is 1. The van der Waals surface area contributed by atoms with E-state index in [2.05, 4.69) is 13.8 Å². The molecule has 10 heteroatoms. The van der Waals surface area contributed by atoms with E-state index in [0.717, 1.165) is 6.42 Å². The van der Waals surface area contributed by atoms with Gasteiger partial charge in [-0.2, -0.15) is 26.3 Å². The zero-order chi connectivity index (χ0) is 20.9. The van der Waals surface area contributed by atoms with Gasteiger partial charge < -0.3 is 10.2 Å². The summed E-state index contributed by atoms with van der Waals surface area (Å²) in [5, 5.41) is 1.73. The second-order valence-electron chi connectivity index (χ2n) is 9.77. The number of hydrogen-bond acceptors (Lipinski definition) is 2. The monoisotopic (exact) mass is 412 g/mol. The van der Waals surface area contributed by atoms with E-state index >= 15 is 0 Å². The van der Waals surface area contributed by atoms with Crippen LogP contribution in [-0.2, 0) is 9.59 Å². The molecule has 6 aliphatic rings. The molecule has 6 rings (SSSR count). The number of fused-ring (bicyclic) bond motifs is 2. The molecule has 4 saturated carbocycles. The zero-order valence-corrected chi connectivity index (χ0v) is 15.5. The number of alkyl halides is 6. The van der Waals surface area contributed by atoms with Gasteiger partial charge in [0.2, 0.25) is 5.91 Å². The quantitative estimate of drug-likeness (QED) is 0.724. The highest BCUT2D eigenvalue weighted by Gasteiger charge is 2.81. The predicted molar refractivity (Wildman–Crippen MR) is 84.7 cm³/mol. The molecular weight excluding hydrogens is 390 g/mol. The maximum Gasteiger partial charge on any atom is 0.471 e. The van der Waals surface area contributed by atoms with Crippen LogP contribution in [0, 0.1) is 28.1 Å². The maximum atomic E-state index is 13.1. The van der Waals surface area contributed by atoms with Crippen LogP contribution in [-0.4, -0.2) is 48.2 Å². The third kappa shape index (κ3) is 2.51. The molecule has 0 radical (unpaired) electrons. The van der Waals surface area contributed by atoms with Gasteiger partial charge in [-0.25, -0.2) is 0 Å². The van der Waals surface area contributed by atoms with Gasteiger partial charge in [-0.1, -0.05) is 13.8 Å². The number of halogens is 6. The van der Waals surface area contributed by atoms with Crippen molar-refractivity contribution < 1.29 is 35.9 Å². The molecule has 2 aliphatic heterocycles. The Kier molecular flexibility index (Phi) is 3.79. The molecule has 3 atom stereocenters. The molecule has 158 valence electrons. The summed E-state index contributed by atoms with van der Waals surface area (Å²) in [7, 11) is 0. The highest BCUT2D eigenvalue weighted by atomic mass is 19.4. The Hall–Kier alpha value is -1.48. The van der Waals surface area contributed by atoms with Gasteiger partial charge in [0.15, 0.2) is 0 Å². The van der Waals surface area contributed by atoms with Crippen molar-refractivity contribution in [3.05, 3.63) is 0 Å². The van der Waals surface area contributed by atoms with Crippen molar-refractivity contribution in [3.8, 4) is 0 Å². The molecule has 0 unspecified atom stereocenters. The molecule has 4 aliphatic carbocycles. The number of rotatable bonds is 3. The number of nitrogens with zero attached hydrogens (tertiary/aromatic N) is 1. The lowest BCUT2D eigenvalue weighted by atomic mass is 9.32. The van der Waals surface area contributed by atoms with Crippen LogP contribution < -0.4 is 5.32 Å². The van der Waals surface area contributed by atoms with E-state index in [1.54, 1.807) is 5.32 Å². The van der Waals surface area contributed by atoms with Crippen molar-refractivity contribution in [3.63, 3.8) is 0 Å². The van der Waals surface area contributed by atoms with Crippen LogP contribution in [0.2, 0.25) is 0 Å². The number of piperidine rings is 2. The Morgan fingerprint density at radius 1 is 1.00 bits per heavy atom.